The molecule has 8 rings (SSSR count). The molecule has 4 heterocycles. The molecule has 4 amide bonds. The molecule has 0 aliphatic carbocycles. The fourth-order valence-electron chi connectivity index (χ4n) is 7.60. The van der Waals surface area contributed by atoms with Gasteiger partial charge >= 0.3 is 12.2 Å². The average Bonchev–Trinajstić information content (AvgIpc) is 3.35. The van der Waals surface area contributed by atoms with E-state index >= 15 is 0 Å². The van der Waals surface area contributed by atoms with E-state index in [0.29, 0.717) is 39.8 Å². The highest BCUT2D eigenvalue weighted by Crippen LogP contribution is 2.26. The van der Waals surface area contributed by atoms with Crippen LogP contribution in [-0.2, 0) is 0 Å². The molecule has 2 fully saturated rings. The minimum absolute atomic E-state index is 0.154. The Hall–Kier alpha value is -7.74. The molecule has 0 spiro atoms. The molecule has 1 atom stereocenters. The molecule has 14 nitrogen and oxygen atoms in total. The number of hydrogen-bond donors (Lipinski definition) is 2. The highest BCUT2D eigenvalue weighted by molar-refractivity contribution is 6.05. The predicted octanol–water partition coefficient (Wildman–Crippen LogP) is 10.4. The van der Waals surface area contributed by atoms with Gasteiger partial charge in [-0.3, -0.25) is 19.4 Å². The molecule has 6 aromatic rings. The zero-order valence-corrected chi connectivity index (χ0v) is 37.8. The molecule has 14 heteroatoms. The number of benzene rings is 4. The maximum absolute atomic E-state index is 12.6. The molecule has 1 unspecified atom stereocenters. The van der Waals surface area contributed by atoms with Gasteiger partial charge in [0.05, 0.1) is 23.8 Å². The van der Waals surface area contributed by atoms with Gasteiger partial charge in [-0.15, -0.1) is 0 Å². The number of anilines is 6. The molecule has 340 valence electrons. The first kappa shape index (κ1) is 46.3. The minimum atomic E-state index is -0.548. The summed E-state index contributed by atoms with van der Waals surface area (Å²) in [4.78, 5) is 65.6. The number of nitrogens with zero attached hydrogens (tertiary/aromatic N) is 6. The van der Waals surface area contributed by atoms with E-state index in [1.165, 1.54) is 47.9 Å². The van der Waals surface area contributed by atoms with Crippen LogP contribution < -0.4 is 39.7 Å². The van der Waals surface area contributed by atoms with E-state index in [1.54, 1.807) is 38.4 Å². The monoisotopic (exact) mass is 888 g/mol. The standard InChI is InChI=1S/2C26H28N4O3/c1-19-7-6-16-30(18-19)23-13-10-20(11-14-23)25(31)28-21-12-15-24(27-17-21)33-26(32)29(2)22-8-4-3-5-9-22;1-19-14-16-30(17-15-19)23-11-8-20(9-12-23)25(31)28-21-10-13-24(27-18-21)33-26(32)29(2)22-6-4-3-5-7-22/h3-5,8-15,17,19H,6-7,16,18H2,1-2H3,(H,28,31);3-13,18-19H,14-17H2,1-2H3,(H,28,31). The van der Waals surface area contributed by atoms with Crippen LogP contribution in [0.3, 0.4) is 0 Å². The van der Waals surface area contributed by atoms with Gasteiger partial charge in [-0.1, -0.05) is 50.2 Å². The van der Waals surface area contributed by atoms with Crippen molar-refractivity contribution < 1.29 is 28.7 Å². The molecule has 2 aliphatic heterocycles. The molecule has 66 heavy (non-hydrogen) atoms. The third-order valence-corrected chi connectivity index (χ3v) is 11.6. The van der Waals surface area contributed by atoms with Gasteiger partial charge < -0.3 is 29.9 Å². The van der Waals surface area contributed by atoms with Crippen LogP contribution in [0.4, 0.5) is 43.7 Å². The Bertz CT molecular complexity index is 2520. The van der Waals surface area contributed by atoms with Crippen molar-refractivity contribution in [2.45, 2.75) is 39.5 Å². The van der Waals surface area contributed by atoms with Crippen LogP contribution in [-0.4, -0.2) is 74.2 Å². The maximum atomic E-state index is 12.6. The Morgan fingerprint density at radius 1 is 0.530 bits per heavy atom. The Labute approximate surface area is 386 Å². The third kappa shape index (κ3) is 12.7. The summed E-state index contributed by atoms with van der Waals surface area (Å²) in [6.45, 7) is 8.77. The van der Waals surface area contributed by atoms with Gasteiger partial charge in [0.1, 0.15) is 0 Å². The summed E-state index contributed by atoms with van der Waals surface area (Å²) in [6.07, 6.45) is 6.70. The van der Waals surface area contributed by atoms with Gasteiger partial charge in [-0.25, -0.2) is 19.6 Å². The Morgan fingerprint density at radius 3 is 1.38 bits per heavy atom. The fourth-order valence-corrected chi connectivity index (χ4v) is 7.60. The van der Waals surface area contributed by atoms with Gasteiger partial charge in [-0.05, 0) is 122 Å². The van der Waals surface area contributed by atoms with Crippen LogP contribution >= 0.6 is 0 Å². The van der Waals surface area contributed by atoms with Gasteiger partial charge in [-0.2, -0.15) is 0 Å². The Balaban J connectivity index is 0.000000196. The van der Waals surface area contributed by atoms with Crippen molar-refractivity contribution in [2.75, 3.05) is 70.5 Å². The quantitative estimate of drug-likeness (QED) is 0.136. The topological polar surface area (TPSA) is 150 Å². The summed E-state index contributed by atoms with van der Waals surface area (Å²) in [5.74, 6) is 1.34. The van der Waals surface area contributed by atoms with Gasteiger partial charge in [0.15, 0.2) is 0 Å². The number of hydrogen-bond acceptors (Lipinski definition) is 10. The fraction of sp³-hybridized carbons (Fsp3) is 0.269. The highest BCUT2D eigenvalue weighted by Gasteiger charge is 2.20. The zero-order valence-electron chi connectivity index (χ0n) is 37.8. The number of nitrogens with one attached hydrogen (secondary N) is 2. The number of carbonyl (C=O) groups is 4. The molecule has 0 radical (unpaired) electrons. The van der Waals surface area contributed by atoms with E-state index in [2.05, 4.69) is 44.2 Å². The number of pyridine rings is 2. The number of carbonyl (C=O) groups excluding carboxylic acids is 4. The zero-order chi connectivity index (χ0) is 46.4. The smallest absolute Gasteiger partial charge is 0.391 e. The van der Waals surface area contributed by atoms with Crippen LogP contribution in [0.2, 0.25) is 0 Å². The molecule has 2 aromatic heterocycles. The molecule has 4 aromatic carbocycles. The molecule has 0 saturated carbocycles. The second kappa shape index (κ2) is 22.2. The van der Waals surface area contributed by atoms with Gasteiger partial charge in [0.25, 0.3) is 11.8 Å². The summed E-state index contributed by atoms with van der Waals surface area (Å²) < 4.78 is 10.6. The van der Waals surface area contributed by atoms with Crippen molar-refractivity contribution in [1.82, 2.24) is 9.97 Å². The molecule has 2 saturated heterocycles. The van der Waals surface area contributed by atoms with Crippen molar-refractivity contribution >= 4 is 58.1 Å². The predicted molar refractivity (Wildman–Crippen MR) is 260 cm³/mol. The lowest BCUT2D eigenvalue weighted by Crippen LogP contribution is -2.34. The molecule has 2 N–H and O–H groups in total. The van der Waals surface area contributed by atoms with E-state index in [0.717, 1.165) is 43.5 Å². The van der Waals surface area contributed by atoms with E-state index in [4.69, 9.17) is 9.47 Å². The van der Waals surface area contributed by atoms with Crippen molar-refractivity contribution in [3.8, 4) is 11.8 Å². The SMILES string of the molecule is CC1CCCN(c2ccc(C(=O)Nc3ccc(OC(=O)N(C)c4ccccc4)nc3)cc2)C1.CC1CCN(c2ccc(C(=O)Nc3ccc(OC(=O)N(C)c4ccccc4)nc3)cc2)CC1. The first-order valence-electron chi connectivity index (χ1n) is 22.2. The minimum Gasteiger partial charge on any atom is -0.391 e. The van der Waals surface area contributed by atoms with Crippen LogP contribution in [0.1, 0.15) is 60.2 Å². The number of amides is 4. The van der Waals surface area contributed by atoms with E-state index in [-0.39, 0.29) is 23.6 Å². The third-order valence-electron chi connectivity index (χ3n) is 11.6. The lowest BCUT2D eigenvalue weighted by atomic mass is 9.98. The second-order valence-corrected chi connectivity index (χ2v) is 16.7. The van der Waals surface area contributed by atoms with Crippen molar-refractivity contribution in [1.29, 1.82) is 0 Å². The Morgan fingerprint density at radius 2 is 0.970 bits per heavy atom. The van der Waals surface area contributed by atoms with E-state index < -0.39 is 12.2 Å². The molecular formula is C52H56N8O6. The summed E-state index contributed by atoms with van der Waals surface area (Å²) in [6, 6.07) is 40.1. The molecule has 0 bridgehead atoms. The van der Waals surface area contributed by atoms with Crippen molar-refractivity contribution in [2.24, 2.45) is 11.8 Å². The highest BCUT2D eigenvalue weighted by atomic mass is 16.6. The first-order chi connectivity index (χ1) is 32.0. The summed E-state index contributed by atoms with van der Waals surface area (Å²) in [5.41, 5.74) is 5.90. The van der Waals surface area contributed by atoms with Crippen LogP contribution in [0, 0.1) is 11.8 Å². The van der Waals surface area contributed by atoms with Gasteiger partial charge in [0.2, 0.25) is 11.8 Å². The largest absolute Gasteiger partial charge is 0.420 e. The number of piperidine rings is 2. The van der Waals surface area contributed by atoms with Crippen molar-refractivity contribution in [3.05, 3.63) is 157 Å². The van der Waals surface area contributed by atoms with Crippen LogP contribution in [0.25, 0.3) is 0 Å². The number of ether oxygens (including phenoxy) is 2. The summed E-state index contributed by atoms with van der Waals surface area (Å²) in [5, 5.41) is 5.65. The van der Waals surface area contributed by atoms with E-state index in [9.17, 15) is 19.2 Å². The maximum Gasteiger partial charge on any atom is 0.420 e. The first-order valence-corrected chi connectivity index (χ1v) is 22.2. The average molecular weight is 889 g/mol. The van der Waals surface area contributed by atoms with E-state index in [1.807, 2.05) is 109 Å². The lowest BCUT2D eigenvalue weighted by molar-refractivity contribution is 0.101. The van der Waals surface area contributed by atoms with Crippen molar-refractivity contribution in [3.63, 3.8) is 0 Å². The van der Waals surface area contributed by atoms with Gasteiger partial charge in [0, 0.05) is 86.3 Å². The molecule has 2 aliphatic rings. The lowest BCUT2D eigenvalue weighted by Gasteiger charge is -2.32. The molecular weight excluding hydrogens is 833 g/mol. The summed E-state index contributed by atoms with van der Waals surface area (Å²) in [7, 11) is 3.26. The second-order valence-electron chi connectivity index (χ2n) is 16.7. The summed E-state index contributed by atoms with van der Waals surface area (Å²) >= 11 is 0. The number of aromatic nitrogens is 2. The number of para-hydroxylation sites is 2. The Kier molecular flexibility index (Phi) is 15.6. The number of rotatable bonds is 10. The van der Waals surface area contributed by atoms with Crippen LogP contribution in [0.15, 0.2) is 146 Å². The van der Waals surface area contributed by atoms with Crippen LogP contribution in [0.5, 0.6) is 11.8 Å². The normalized spacial score (nSPS) is 14.8.